The monoisotopic (exact) mass is 444 g/mol. The Hall–Kier alpha value is -3.64. The molecule has 0 radical (unpaired) electrons. The maximum Gasteiger partial charge on any atom is 0.198 e. The molecule has 0 aliphatic rings. The summed E-state index contributed by atoms with van der Waals surface area (Å²) >= 11 is 6.11. The first-order valence-electron chi connectivity index (χ1n) is 10.3. The normalized spacial score (nSPS) is 11.2. The van der Waals surface area contributed by atoms with Crippen molar-refractivity contribution >= 4 is 33.9 Å². The highest BCUT2D eigenvalue weighted by atomic mass is 35.5. The lowest BCUT2D eigenvalue weighted by Gasteiger charge is -2.12. The van der Waals surface area contributed by atoms with E-state index in [-0.39, 0.29) is 0 Å². The highest BCUT2D eigenvalue weighted by Crippen LogP contribution is 2.29. The molecule has 32 heavy (non-hydrogen) atoms. The molecule has 6 nitrogen and oxygen atoms in total. The van der Waals surface area contributed by atoms with Gasteiger partial charge in [0.2, 0.25) is 0 Å². The summed E-state index contributed by atoms with van der Waals surface area (Å²) in [6, 6.07) is 21.5. The van der Waals surface area contributed by atoms with Crippen molar-refractivity contribution in [2.75, 3.05) is 14.2 Å². The molecule has 2 aromatic heterocycles. The van der Waals surface area contributed by atoms with Crippen molar-refractivity contribution in [3.63, 3.8) is 0 Å². The minimum absolute atomic E-state index is 0.626. The molecule has 5 rings (SSSR count). The van der Waals surface area contributed by atoms with E-state index in [1.807, 2.05) is 66.7 Å². The van der Waals surface area contributed by atoms with Crippen LogP contribution in [0.5, 0.6) is 11.5 Å². The van der Waals surface area contributed by atoms with E-state index in [0.29, 0.717) is 28.7 Å². The molecular formula is C25H21ClN4O2. The summed E-state index contributed by atoms with van der Waals surface area (Å²) in [5, 5.41) is 0.684. The topological polar surface area (TPSA) is 62.1 Å². The lowest BCUT2D eigenvalue weighted by molar-refractivity contribution is 0.354. The first-order chi connectivity index (χ1) is 15.7. The number of aromatic nitrogens is 4. The van der Waals surface area contributed by atoms with Gasteiger partial charge in [0.1, 0.15) is 5.82 Å². The number of para-hydroxylation sites is 2. The van der Waals surface area contributed by atoms with E-state index in [9.17, 15) is 0 Å². The zero-order valence-electron chi connectivity index (χ0n) is 17.7. The third-order valence-electron chi connectivity index (χ3n) is 5.43. The van der Waals surface area contributed by atoms with Gasteiger partial charge in [-0.2, -0.15) is 0 Å². The van der Waals surface area contributed by atoms with E-state index in [1.54, 1.807) is 14.2 Å². The number of fused-ring (bicyclic) bond motifs is 2. The molecule has 7 heteroatoms. The Morgan fingerprint density at radius 2 is 1.53 bits per heavy atom. The van der Waals surface area contributed by atoms with Crippen molar-refractivity contribution in [1.82, 2.24) is 19.5 Å². The molecule has 5 aromatic rings. The smallest absolute Gasteiger partial charge is 0.198 e. The van der Waals surface area contributed by atoms with Crippen molar-refractivity contribution in [3.05, 3.63) is 77.3 Å². The predicted molar refractivity (Wildman–Crippen MR) is 127 cm³/mol. The van der Waals surface area contributed by atoms with E-state index in [0.717, 1.165) is 40.1 Å². The van der Waals surface area contributed by atoms with Gasteiger partial charge in [0.05, 0.1) is 25.3 Å². The molecule has 0 aliphatic carbocycles. The number of halogens is 1. The van der Waals surface area contributed by atoms with Crippen LogP contribution in [-0.4, -0.2) is 33.7 Å². The standard InChI is InChI=1S/C25H21ClN4O2/c1-31-21-12-7-16(15-22(21)32-2)13-14-30-24(17-8-10-18(26)11-9-17)29-23-25(30)28-20-6-4-3-5-19(20)27-23/h3-12,15H,13-14H2,1-2H3. The van der Waals surface area contributed by atoms with Crippen molar-refractivity contribution in [2.45, 2.75) is 13.0 Å². The zero-order valence-corrected chi connectivity index (χ0v) is 18.5. The number of imidazole rings is 1. The second-order valence-electron chi connectivity index (χ2n) is 7.39. The van der Waals surface area contributed by atoms with Gasteiger partial charge in [0.25, 0.3) is 0 Å². The molecule has 0 aliphatic heterocycles. The third-order valence-corrected chi connectivity index (χ3v) is 5.68. The number of benzene rings is 3. The summed E-state index contributed by atoms with van der Waals surface area (Å²) in [5.41, 5.74) is 5.14. The van der Waals surface area contributed by atoms with E-state index < -0.39 is 0 Å². The Morgan fingerprint density at radius 3 is 2.25 bits per heavy atom. The van der Waals surface area contributed by atoms with Crippen LogP contribution in [0.4, 0.5) is 0 Å². The minimum atomic E-state index is 0.626. The summed E-state index contributed by atoms with van der Waals surface area (Å²) in [4.78, 5) is 14.5. The lowest BCUT2D eigenvalue weighted by atomic mass is 10.1. The summed E-state index contributed by atoms with van der Waals surface area (Å²) in [5.74, 6) is 2.24. The van der Waals surface area contributed by atoms with Gasteiger partial charge in [-0.15, -0.1) is 0 Å². The van der Waals surface area contributed by atoms with Gasteiger partial charge in [-0.3, -0.25) is 0 Å². The second-order valence-corrected chi connectivity index (χ2v) is 7.83. The Morgan fingerprint density at radius 1 is 0.812 bits per heavy atom. The summed E-state index contributed by atoms with van der Waals surface area (Å²) < 4.78 is 12.9. The maximum absolute atomic E-state index is 6.11. The number of rotatable bonds is 6. The Labute approximate surface area is 190 Å². The minimum Gasteiger partial charge on any atom is -0.493 e. The fraction of sp³-hybridized carbons (Fsp3) is 0.160. The number of methoxy groups -OCH3 is 2. The molecule has 0 saturated heterocycles. The van der Waals surface area contributed by atoms with Crippen LogP contribution in [0.2, 0.25) is 5.02 Å². The SMILES string of the molecule is COc1ccc(CCn2c(-c3ccc(Cl)cc3)nc3nc4ccccc4nc32)cc1OC. The molecule has 0 bridgehead atoms. The van der Waals surface area contributed by atoms with Crippen LogP contribution in [0.1, 0.15) is 5.56 Å². The average molecular weight is 445 g/mol. The molecule has 160 valence electrons. The van der Waals surface area contributed by atoms with Gasteiger partial charge in [-0.05, 0) is 60.5 Å². The first kappa shape index (κ1) is 20.3. The molecule has 0 amide bonds. The van der Waals surface area contributed by atoms with Crippen LogP contribution in [0.3, 0.4) is 0 Å². The van der Waals surface area contributed by atoms with Gasteiger partial charge in [0, 0.05) is 17.1 Å². The van der Waals surface area contributed by atoms with Crippen LogP contribution in [0.15, 0.2) is 66.7 Å². The largest absolute Gasteiger partial charge is 0.493 e. The third kappa shape index (κ3) is 3.74. The Balaban J connectivity index is 1.60. The lowest BCUT2D eigenvalue weighted by Crippen LogP contribution is -2.05. The van der Waals surface area contributed by atoms with Crippen LogP contribution < -0.4 is 9.47 Å². The molecule has 0 spiro atoms. The maximum atomic E-state index is 6.11. The van der Waals surface area contributed by atoms with E-state index in [1.165, 1.54) is 0 Å². The van der Waals surface area contributed by atoms with Gasteiger partial charge >= 0.3 is 0 Å². The molecule has 2 heterocycles. The molecule has 3 aromatic carbocycles. The van der Waals surface area contributed by atoms with E-state index >= 15 is 0 Å². The van der Waals surface area contributed by atoms with Crippen LogP contribution >= 0.6 is 11.6 Å². The molecule has 0 atom stereocenters. The number of hydrogen-bond acceptors (Lipinski definition) is 5. The number of aryl methyl sites for hydroxylation is 2. The van der Waals surface area contributed by atoms with E-state index in [4.69, 9.17) is 36.0 Å². The molecule has 0 fully saturated rings. The molecule has 0 N–H and O–H groups in total. The molecular weight excluding hydrogens is 424 g/mol. The van der Waals surface area contributed by atoms with Gasteiger partial charge in [-0.25, -0.2) is 15.0 Å². The van der Waals surface area contributed by atoms with E-state index in [2.05, 4.69) is 4.57 Å². The first-order valence-corrected chi connectivity index (χ1v) is 10.6. The highest BCUT2D eigenvalue weighted by Gasteiger charge is 2.16. The van der Waals surface area contributed by atoms with Gasteiger partial charge in [0.15, 0.2) is 22.8 Å². The van der Waals surface area contributed by atoms with Crippen LogP contribution in [0, 0.1) is 0 Å². The molecule has 0 saturated carbocycles. The summed E-state index contributed by atoms with van der Waals surface area (Å²) in [7, 11) is 3.28. The summed E-state index contributed by atoms with van der Waals surface area (Å²) in [6.45, 7) is 0.678. The predicted octanol–water partition coefficient (Wildman–Crippen LogP) is 5.56. The molecule has 0 unspecified atom stereocenters. The fourth-order valence-electron chi connectivity index (χ4n) is 3.81. The number of nitrogens with zero attached hydrogens (tertiary/aromatic N) is 4. The van der Waals surface area contributed by atoms with Crippen molar-refractivity contribution in [3.8, 4) is 22.9 Å². The number of hydrogen-bond donors (Lipinski definition) is 0. The van der Waals surface area contributed by atoms with Gasteiger partial charge in [-0.1, -0.05) is 29.8 Å². The second kappa shape index (κ2) is 8.48. The average Bonchev–Trinajstić information content (AvgIpc) is 3.18. The fourth-order valence-corrected chi connectivity index (χ4v) is 3.93. The van der Waals surface area contributed by atoms with Crippen molar-refractivity contribution < 1.29 is 9.47 Å². The highest BCUT2D eigenvalue weighted by molar-refractivity contribution is 6.30. The van der Waals surface area contributed by atoms with Crippen LogP contribution in [-0.2, 0) is 13.0 Å². The quantitative estimate of drug-likeness (QED) is 0.343. The van der Waals surface area contributed by atoms with Crippen molar-refractivity contribution in [1.29, 1.82) is 0 Å². The van der Waals surface area contributed by atoms with Crippen molar-refractivity contribution in [2.24, 2.45) is 0 Å². The summed E-state index contributed by atoms with van der Waals surface area (Å²) in [6.07, 6.45) is 0.765. The zero-order chi connectivity index (χ0) is 22.1. The Bertz CT molecular complexity index is 1410. The number of ether oxygens (including phenoxy) is 2. The van der Waals surface area contributed by atoms with Crippen LogP contribution in [0.25, 0.3) is 33.7 Å². The van der Waals surface area contributed by atoms with Gasteiger partial charge < -0.3 is 14.0 Å². The Kier molecular flexibility index (Phi) is 5.37.